The van der Waals surface area contributed by atoms with Crippen molar-refractivity contribution in [3.05, 3.63) is 57.4 Å². The van der Waals surface area contributed by atoms with Crippen LogP contribution in [0.4, 0.5) is 5.69 Å². The van der Waals surface area contributed by atoms with Gasteiger partial charge in [0.2, 0.25) is 0 Å². The third-order valence-corrected chi connectivity index (χ3v) is 5.39. The lowest BCUT2D eigenvalue weighted by Crippen LogP contribution is -2.00. The summed E-state index contributed by atoms with van der Waals surface area (Å²) in [4.78, 5) is 1.11. The van der Waals surface area contributed by atoms with E-state index in [0.29, 0.717) is 12.3 Å². The molecule has 2 nitrogen and oxygen atoms in total. The fourth-order valence-corrected chi connectivity index (χ4v) is 3.82. The third-order valence-electron chi connectivity index (χ3n) is 3.67. The van der Waals surface area contributed by atoms with Gasteiger partial charge >= 0.3 is 0 Å². The maximum Gasteiger partial charge on any atom is 0.123 e. The van der Waals surface area contributed by atoms with Crippen LogP contribution in [0.2, 0.25) is 5.02 Å². The van der Waals surface area contributed by atoms with Gasteiger partial charge in [-0.25, -0.2) is 0 Å². The Hall–Kier alpha value is -1.71. The quantitative estimate of drug-likeness (QED) is 0.669. The molecule has 0 amide bonds. The number of fused-ring (bicyclic) bond motifs is 1. The van der Waals surface area contributed by atoms with Crippen LogP contribution >= 0.6 is 22.9 Å². The second-order valence-corrected chi connectivity index (χ2v) is 6.61. The minimum absolute atomic E-state index is 0.349. The summed E-state index contributed by atoms with van der Waals surface area (Å²) < 4.78 is 1.20. The summed E-state index contributed by atoms with van der Waals surface area (Å²) in [5.41, 5.74) is 2.69. The fraction of sp³-hybridized carbons (Fsp3) is 0.176. The van der Waals surface area contributed by atoms with Crippen LogP contribution in [0, 0.1) is 13.8 Å². The number of halogens is 1. The van der Waals surface area contributed by atoms with Crippen LogP contribution in [-0.2, 0) is 6.54 Å². The zero-order chi connectivity index (χ0) is 15.0. The van der Waals surface area contributed by atoms with E-state index < -0.39 is 0 Å². The fourth-order valence-electron chi connectivity index (χ4n) is 2.38. The van der Waals surface area contributed by atoms with Gasteiger partial charge in [-0.05, 0) is 31.5 Å². The second-order valence-electron chi connectivity index (χ2n) is 5.09. The van der Waals surface area contributed by atoms with Gasteiger partial charge in [-0.1, -0.05) is 35.9 Å². The number of hydrogen-bond acceptors (Lipinski definition) is 3. The zero-order valence-electron chi connectivity index (χ0n) is 11.9. The highest BCUT2D eigenvalue weighted by atomic mass is 35.5. The van der Waals surface area contributed by atoms with E-state index >= 15 is 0 Å². The van der Waals surface area contributed by atoms with E-state index in [2.05, 4.69) is 11.4 Å². The molecule has 0 spiro atoms. The third kappa shape index (κ3) is 2.59. The van der Waals surface area contributed by atoms with Gasteiger partial charge in [-0.2, -0.15) is 0 Å². The Balaban J connectivity index is 1.87. The number of phenols is 1. The first-order valence-corrected chi connectivity index (χ1v) is 7.96. The van der Waals surface area contributed by atoms with Gasteiger partial charge in [0, 0.05) is 26.2 Å². The molecular formula is C17H16ClNOS. The van der Waals surface area contributed by atoms with Gasteiger partial charge in [0.05, 0.1) is 11.6 Å². The van der Waals surface area contributed by atoms with E-state index in [1.165, 1.54) is 4.70 Å². The molecule has 0 saturated heterocycles. The highest BCUT2D eigenvalue weighted by Crippen LogP contribution is 2.36. The molecule has 3 aromatic rings. The minimum Gasteiger partial charge on any atom is -0.507 e. The van der Waals surface area contributed by atoms with Gasteiger partial charge in [-0.15, -0.1) is 11.3 Å². The van der Waals surface area contributed by atoms with E-state index in [0.717, 1.165) is 32.1 Å². The van der Waals surface area contributed by atoms with Gasteiger partial charge in [0.1, 0.15) is 5.75 Å². The minimum atomic E-state index is 0.349. The molecule has 3 rings (SSSR count). The van der Waals surface area contributed by atoms with Crippen molar-refractivity contribution in [2.24, 2.45) is 0 Å². The first kappa shape index (κ1) is 14.2. The van der Waals surface area contributed by atoms with Crippen LogP contribution in [0.25, 0.3) is 10.1 Å². The smallest absolute Gasteiger partial charge is 0.123 e. The number of aromatic hydroxyl groups is 1. The molecule has 0 aliphatic carbocycles. The summed E-state index contributed by atoms with van der Waals surface area (Å²) in [5.74, 6) is 0.349. The molecule has 2 aromatic carbocycles. The molecule has 0 bridgehead atoms. The Bertz CT molecular complexity index is 810. The maximum absolute atomic E-state index is 9.99. The van der Waals surface area contributed by atoms with Crippen molar-refractivity contribution in [1.82, 2.24) is 0 Å². The van der Waals surface area contributed by atoms with E-state index in [-0.39, 0.29) is 0 Å². The summed E-state index contributed by atoms with van der Waals surface area (Å²) in [6.45, 7) is 4.47. The maximum atomic E-state index is 9.99. The molecular weight excluding hydrogens is 302 g/mol. The first-order chi connectivity index (χ1) is 10.1. The van der Waals surface area contributed by atoms with Gasteiger partial charge in [-0.3, -0.25) is 0 Å². The molecule has 1 heterocycles. The number of phenolic OH excluding ortho intramolecular Hbond substituents is 1. The lowest BCUT2D eigenvalue weighted by Gasteiger charge is -2.11. The Morgan fingerprint density at radius 3 is 2.67 bits per heavy atom. The summed E-state index contributed by atoms with van der Waals surface area (Å²) in [6, 6.07) is 12.1. The van der Waals surface area contributed by atoms with Crippen LogP contribution in [0.15, 0.2) is 36.4 Å². The molecule has 0 aliphatic heterocycles. The normalized spacial score (nSPS) is 11.0. The Morgan fingerprint density at radius 2 is 1.90 bits per heavy atom. The number of nitrogens with one attached hydrogen (secondary N) is 1. The second kappa shape index (κ2) is 5.58. The standard InChI is InChI=1S/C17H16ClNOS/c1-10-7-8-13(11(2)17(10)20)19-9-15-16(18)12-5-3-4-6-14(12)21-15/h3-8,19-20H,9H2,1-2H3. The van der Waals surface area contributed by atoms with Crippen molar-refractivity contribution in [3.8, 4) is 5.75 Å². The van der Waals surface area contributed by atoms with Crippen molar-refractivity contribution in [3.63, 3.8) is 0 Å². The number of aryl methyl sites for hydroxylation is 1. The van der Waals surface area contributed by atoms with Gasteiger partial charge in [0.15, 0.2) is 0 Å². The molecule has 0 aliphatic rings. The van der Waals surface area contributed by atoms with Crippen molar-refractivity contribution < 1.29 is 5.11 Å². The van der Waals surface area contributed by atoms with E-state index in [4.69, 9.17) is 11.6 Å². The predicted octanol–water partition coefficient (Wildman–Crippen LogP) is 5.49. The van der Waals surface area contributed by atoms with Crippen molar-refractivity contribution >= 4 is 38.7 Å². The first-order valence-electron chi connectivity index (χ1n) is 6.77. The van der Waals surface area contributed by atoms with E-state index in [1.807, 2.05) is 44.2 Å². The van der Waals surface area contributed by atoms with Crippen molar-refractivity contribution in [2.45, 2.75) is 20.4 Å². The zero-order valence-corrected chi connectivity index (χ0v) is 13.5. The molecule has 0 saturated carbocycles. The summed E-state index contributed by atoms with van der Waals surface area (Å²) in [5, 5.41) is 15.3. The highest BCUT2D eigenvalue weighted by Gasteiger charge is 2.11. The molecule has 1 aromatic heterocycles. The molecule has 0 unspecified atom stereocenters. The molecule has 0 radical (unpaired) electrons. The molecule has 2 N–H and O–H groups in total. The van der Waals surface area contributed by atoms with Gasteiger partial charge < -0.3 is 10.4 Å². The lowest BCUT2D eigenvalue weighted by atomic mass is 10.1. The van der Waals surface area contributed by atoms with Crippen LogP contribution in [0.1, 0.15) is 16.0 Å². The van der Waals surface area contributed by atoms with Crippen molar-refractivity contribution in [1.29, 1.82) is 0 Å². The summed E-state index contributed by atoms with van der Waals surface area (Å²) >= 11 is 8.14. The Labute approximate surface area is 133 Å². The molecule has 21 heavy (non-hydrogen) atoms. The molecule has 0 fully saturated rings. The van der Waals surface area contributed by atoms with Gasteiger partial charge in [0.25, 0.3) is 0 Å². The summed E-state index contributed by atoms with van der Waals surface area (Å²) in [6.07, 6.45) is 0. The number of hydrogen-bond donors (Lipinski definition) is 2. The largest absolute Gasteiger partial charge is 0.507 e. The van der Waals surface area contributed by atoms with Crippen LogP contribution in [0.5, 0.6) is 5.75 Å². The highest BCUT2D eigenvalue weighted by molar-refractivity contribution is 7.19. The average molecular weight is 318 g/mol. The van der Waals surface area contributed by atoms with E-state index in [1.54, 1.807) is 11.3 Å². The number of thiophene rings is 1. The molecule has 108 valence electrons. The SMILES string of the molecule is Cc1ccc(NCc2sc3ccccc3c2Cl)c(C)c1O. The van der Waals surface area contributed by atoms with Crippen molar-refractivity contribution in [2.75, 3.05) is 5.32 Å². The average Bonchev–Trinajstić information content (AvgIpc) is 2.81. The predicted molar refractivity (Wildman–Crippen MR) is 91.7 cm³/mol. The monoisotopic (exact) mass is 317 g/mol. The topological polar surface area (TPSA) is 32.3 Å². The summed E-state index contributed by atoms with van der Waals surface area (Å²) in [7, 11) is 0. The Kier molecular flexibility index (Phi) is 3.79. The number of anilines is 1. The van der Waals surface area contributed by atoms with Crippen LogP contribution in [-0.4, -0.2) is 5.11 Å². The molecule has 4 heteroatoms. The van der Waals surface area contributed by atoms with Crippen LogP contribution in [0.3, 0.4) is 0 Å². The lowest BCUT2D eigenvalue weighted by molar-refractivity contribution is 0.467. The molecule has 0 atom stereocenters. The van der Waals surface area contributed by atoms with E-state index in [9.17, 15) is 5.11 Å². The van der Waals surface area contributed by atoms with Crippen LogP contribution < -0.4 is 5.32 Å². The Morgan fingerprint density at radius 1 is 1.14 bits per heavy atom. The number of rotatable bonds is 3. The number of benzene rings is 2.